The molecule has 0 aliphatic heterocycles. The van der Waals surface area contributed by atoms with Gasteiger partial charge in [-0.1, -0.05) is 53.2 Å². The van der Waals surface area contributed by atoms with Crippen LogP contribution in [0.3, 0.4) is 0 Å². The number of hydrogen-bond acceptors (Lipinski definition) is 4. The SMILES string of the molecule is Cc1cc(C(F)(F)F)ccc1S(=O)(=O)Nc1cc(Cl)c(Sc2cnc3ccccc3c2)c(Cl)c1. The predicted octanol–water partition coefficient (Wildman–Crippen LogP) is 7.82. The first-order chi connectivity index (χ1) is 15.9. The molecule has 0 amide bonds. The zero-order chi connectivity index (χ0) is 24.7. The number of anilines is 1. The number of aromatic nitrogens is 1. The van der Waals surface area contributed by atoms with Crippen molar-refractivity contribution >= 4 is 61.6 Å². The molecule has 0 saturated carbocycles. The normalized spacial score (nSPS) is 12.2. The Morgan fingerprint density at radius 2 is 1.65 bits per heavy atom. The van der Waals surface area contributed by atoms with Gasteiger partial charge in [0.05, 0.1) is 31.7 Å². The van der Waals surface area contributed by atoms with Gasteiger partial charge in [0, 0.05) is 21.4 Å². The van der Waals surface area contributed by atoms with Crippen molar-refractivity contribution in [2.45, 2.75) is 27.8 Å². The summed E-state index contributed by atoms with van der Waals surface area (Å²) < 4.78 is 66.7. The fourth-order valence-corrected chi connectivity index (χ4v) is 6.10. The molecule has 0 spiro atoms. The lowest BCUT2D eigenvalue weighted by Gasteiger charge is -2.14. The topological polar surface area (TPSA) is 59.1 Å². The number of hydrogen-bond donors (Lipinski definition) is 1. The fraction of sp³-hybridized carbons (Fsp3) is 0.0870. The summed E-state index contributed by atoms with van der Waals surface area (Å²) in [7, 11) is -4.19. The minimum absolute atomic E-state index is 0.0458. The van der Waals surface area contributed by atoms with Crippen LogP contribution < -0.4 is 4.72 Å². The summed E-state index contributed by atoms with van der Waals surface area (Å²) in [6.07, 6.45) is -2.89. The molecular formula is C23H15Cl2F3N2O2S2. The monoisotopic (exact) mass is 542 g/mol. The van der Waals surface area contributed by atoms with Crippen molar-refractivity contribution in [3.63, 3.8) is 0 Å². The number of aryl methyl sites for hydroxylation is 1. The molecule has 1 N–H and O–H groups in total. The molecule has 0 aliphatic rings. The summed E-state index contributed by atoms with van der Waals surface area (Å²) >= 11 is 14.1. The molecule has 0 aliphatic carbocycles. The van der Waals surface area contributed by atoms with E-state index in [2.05, 4.69) is 9.71 Å². The van der Waals surface area contributed by atoms with Gasteiger partial charge in [0.2, 0.25) is 0 Å². The molecule has 0 fully saturated rings. The van der Waals surface area contributed by atoms with E-state index < -0.39 is 21.8 Å². The minimum atomic E-state index is -4.57. The van der Waals surface area contributed by atoms with E-state index >= 15 is 0 Å². The standard InChI is InChI=1S/C23H15Cl2F3N2O2S2/c1-13-8-15(23(26,27)28)6-7-21(13)34(31,32)30-16-10-18(24)22(19(25)11-16)33-17-9-14-4-2-3-5-20(14)29-12-17/h2-12,30H,1H3. The number of benzene rings is 3. The highest BCUT2D eigenvalue weighted by molar-refractivity contribution is 7.99. The van der Waals surface area contributed by atoms with Gasteiger partial charge in [0.15, 0.2) is 0 Å². The summed E-state index contributed by atoms with van der Waals surface area (Å²) in [5, 5.41) is 1.34. The molecule has 0 atom stereocenters. The number of fused-ring (bicyclic) bond motifs is 1. The molecule has 0 bridgehead atoms. The van der Waals surface area contributed by atoms with Crippen LogP contribution in [0.2, 0.25) is 10.0 Å². The van der Waals surface area contributed by atoms with E-state index in [-0.39, 0.29) is 26.2 Å². The van der Waals surface area contributed by atoms with Gasteiger partial charge in [-0.3, -0.25) is 9.71 Å². The Morgan fingerprint density at radius 3 is 2.29 bits per heavy atom. The quantitative estimate of drug-likeness (QED) is 0.279. The lowest BCUT2D eigenvalue weighted by molar-refractivity contribution is -0.137. The summed E-state index contributed by atoms with van der Waals surface area (Å²) in [6, 6.07) is 14.7. The molecule has 0 saturated heterocycles. The Hall–Kier alpha value is -2.46. The van der Waals surface area contributed by atoms with Crippen LogP contribution >= 0.6 is 35.0 Å². The molecule has 0 unspecified atom stereocenters. The molecule has 34 heavy (non-hydrogen) atoms. The lowest BCUT2D eigenvalue weighted by Crippen LogP contribution is -2.15. The number of para-hydroxylation sites is 1. The van der Waals surface area contributed by atoms with Crippen molar-refractivity contribution in [1.29, 1.82) is 0 Å². The number of halogens is 5. The third-order valence-corrected chi connectivity index (χ3v) is 8.29. The molecule has 3 aromatic carbocycles. The number of alkyl halides is 3. The second-order valence-electron chi connectivity index (χ2n) is 7.32. The van der Waals surface area contributed by atoms with Gasteiger partial charge < -0.3 is 0 Å². The maximum absolute atomic E-state index is 12.9. The second-order valence-corrected chi connectivity index (χ2v) is 10.9. The zero-order valence-corrected chi connectivity index (χ0v) is 20.5. The van der Waals surface area contributed by atoms with E-state index in [0.717, 1.165) is 34.0 Å². The van der Waals surface area contributed by atoms with Crippen LogP contribution in [0.15, 0.2) is 81.5 Å². The first kappa shape index (κ1) is 24.7. The van der Waals surface area contributed by atoms with Gasteiger partial charge in [-0.15, -0.1) is 0 Å². The highest BCUT2D eigenvalue weighted by Gasteiger charge is 2.31. The zero-order valence-electron chi connectivity index (χ0n) is 17.3. The van der Waals surface area contributed by atoms with Crippen LogP contribution in [0.4, 0.5) is 18.9 Å². The molecule has 0 radical (unpaired) electrons. The Bertz CT molecular complexity index is 1490. The highest BCUT2D eigenvalue weighted by Crippen LogP contribution is 2.41. The highest BCUT2D eigenvalue weighted by atomic mass is 35.5. The molecule has 4 rings (SSSR count). The first-order valence-electron chi connectivity index (χ1n) is 9.66. The molecule has 11 heteroatoms. The smallest absolute Gasteiger partial charge is 0.280 e. The third kappa shape index (κ3) is 5.27. The molecule has 4 aromatic rings. The molecule has 176 valence electrons. The van der Waals surface area contributed by atoms with Crippen molar-refractivity contribution < 1.29 is 21.6 Å². The van der Waals surface area contributed by atoms with Gasteiger partial charge in [-0.25, -0.2) is 8.42 Å². The minimum Gasteiger partial charge on any atom is -0.280 e. The summed E-state index contributed by atoms with van der Waals surface area (Å²) in [5.74, 6) is 0. The van der Waals surface area contributed by atoms with Crippen LogP contribution in [0, 0.1) is 6.92 Å². The van der Waals surface area contributed by atoms with Crippen LogP contribution in [-0.4, -0.2) is 13.4 Å². The van der Waals surface area contributed by atoms with Crippen molar-refractivity contribution in [3.05, 3.63) is 88.0 Å². The van der Waals surface area contributed by atoms with Crippen LogP contribution in [0.1, 0.15) is 11.1 Å². The maximum Gasteiger partial charge on any atom is 0.416 e. The molecule has 4 nitrogen and oxygen atoms in total. The van der Waals surface area contributed by atoms with Crippen molar-refractivity contribution in [2.24, 2.45) is 0 Å². The van der Waals surface area contributed by atoms with Gasteiger partial charge >= 0.3 is 6.18 Å². The number of sulfonamides is 1. The van der Waals surface area contributed by atoms with Crippen LogP contribution in [-0.2, 0) is 16.2 Å². The maximum atomic E-state index is 12.9. The van der Waals surface area contributed by atoms with E-state index in [1.165, 1.54) is 30.8 Å². The van der Waals surface area contributed by atoms with Gasteiger partial charge in [-0.05, 0) is 55.0 Å². The summed E-state index contributed by atoms with van der Waals surface area (Å²) in [4.78, 5) is 5.41. The average molecular weight is 543 g/mol. The van der Waals surface area contributed by atoms with Gasteiger partial charge in [-0.2, -0.15) is 13.2 Å². The predicted molar refractivity (Wildman–Crippen MR) is 129 cm³/mol. The van der Waals surface area contributed by atoms with E-state index in [9.17, 15) is 21.6 Å². The lowest BCUT2D eigenvalue weighted by atomic mass is 10.1. The number of nitrogens with one attached hydrogen (secondary N) is 1. The van der Waals surface area contributed by atoms with E-state index in [4.69, 9.17) is 23.2 Å². The van der Waals surface area contributed by atoms with Crippen molar-refractivity contribution in [3.8, 4) is 0 Å². The number of nitrogens with zero attached hydrogens (tertiary/aromatic N) is 1. The van der Waals surface area contributed by atoms with E-state index in [0.29, 0.717) is 4.90 Å². The van der Waals surface area contributed by atoms with Gasteiger partial charge in [0.1, 0.15) is 0 Å². The van der Waals surface area contributed by atoms with Crippen LogP contribution in [0.5, 0.6) is 0 Å². The van der Waals surface area contributed by atoms with Crippen molar-refractivity contribution in [2.75, 3.05) is 4.72 Å². The van der Waals surface area contributed by atoms with E-state index in [1.807, 2.05) is 30.3 Å². The number of rotatable bonds is 5. The van der Waals surface area contributed by atoms with Gasteiger partial charge in [0.25, 0.3) is 10.0 Å². The largest absolute Gasteiger partial charge is 0.416 e. The summed E-state index contributed by atoms with van der Waals surface area (Å²) in [5.41, 5.74) is -0.0576. The third-order valence-electron chi connectivity index (χ3n) is 4.83. The first-order valence-corrected chi connectivity index (χ1v) is 12.7. The van der Waals surface area contributed by atoms with Crippen molar-refractivity contribution in [1.82, 2.24) is 4.98 Å². The van der Waals surface area contributed by atoms with Crippen LogP contribution in [0.25, 0.3) is 10.9 Å². The average Bonchev–Trinajstić information content (AvgIpc) is 2.75. The second kappa shape index (κ2) is 9.30. The molecule has 1 aromatic heterocycles. The Morgan fingerprint density at radius 1 is 0.971 bits per heavy atom. The number of pyridine rings is 1. The molecule has 1 heterocycles. The summed E-state index contributed by atoms with van der Waals surface area (Å²) in [6.45, 7) is 1.29. The van der Waals surface area contributed by atoms with E-state index in [1.54, 1.807) is 6.20 Å². The molecular weight excluding hydrogens is 528 g/mol. The Balaban J connectivity index is 1.60. The fourth-order valence-electron chi connectivity index (χ4n) is 3.28. The Kier molecular flexibility index (Phi) is 6.74. The Labute approximate surface area is 208 Å².